The van der Waals surface area contributed by atoms with Gasteiger partial charge in [-0.2, -0.15) is 4.99 Å². The van der Waals surface area contributed by atoms with E-state index in [4.69, 9.17) is 23.1 Å². The first-order valence-electron chi connectivity index (χ1n) is 14.4. The summed E-state index contributed by atoms with van der Waals surface area (Å²) in [6.07, 6.45) is 3.13. The molecule has 2 aromatic carbocycles. The van der Waals surface area contributed by atoms with Gasteiger partial charge in [-0.25, -0.2) is 33.7 Å². The summed E-state index contributed by atoms with van der Waals surface area (Å²) in [4.78, 5) is 25.7. The van der Waals surface area contributed by atoms with Crippen LogP contribution in [0.4, 0.5) is 0 Å². The maximum Gasteiger partial charge on any atom is 0.280 e. The van der Waals surface area contributed by atoms with Crippen LogP contribution >= 0.6 is 11.6 Å². The van der Waals surface area contributed by atoms with Crippen molar-refractivity contribution in [2.45, 2.75) is 97.3 Å². The Hall–Kier alpha value is -2.86. The zero-order valence-corrected chi connectivity index (χ0v) is 31.5. The largest absolute Gasteiger partial charge is 0.370 e. The monoisotopic (exact) mass is 755 g/mol. The lowest BCUT2D eigenvalue weighted by atomic mass is 10.0. The number of halogens is 1. The van der Waals surface area contributed by atoms with Crippen molar-refractivity contribution in [3.05, 3.63) is 46.5 Å². The molecule has 1 amide bonds. The molecule has 0 aromatic heterocycles. The van der Waals surface area contributed by atoms with Crippen LogP contribution in [0.1, 0.15) is 86.2 Å². The van der Waals surface area contributed by atoms with Crippen LogP contribution in [0.25, 0.3) is 0 Å². The molecule has 264 valence electrons. The lowest BCUT2D eigenvalue weighted by Gasteiger charge is -2.17. The zero-order chi connectivity index (χ0) is 36.9. The van der Waals surface area contributed by atoms with E-state index in [0.29, 0.717) is 36.8 Å². The summed E-state index contributed by atoms with van der Waals surface area (Å²) in [5, 5.41) is -2.30. The molecule has 0 aliphatic heterocycles. The van der Waals surface area contributed by atoms with Crippen molar-refractivity contribution in [2.75, 3.05) is 12.5 Å². The van der Waals surface area contributed by atoms with Gasteiger partial charge in [-0.3, -0.25) is 9.59 Å². The van der Waals surface area contributed by atoms with E-state index in [-0.39, 0.29) is 25.8 Å². The molecule has 0 aliphatic rings. The van der Waals surface area contributed by atoms with Gasteiger partial charge in [0.2, 0.25) is 0 Å². The van der Waals surface area contributed by atoms with E-state index in [1.165, 1.54) is 26.0 Å². The number of guanidine groups is 1. The summed E-state index contributed by atoms with van der Waals surface area (Å²) in [6.45, 7) is 9.87. The Labute approximate surface area is 282 Å². The van der Waals surface area contributed by atoms with Crippen LogP contribution in [0.15, 0.2) is 48.8 Å². The Morgan fingerprint density at radius 2 is 1.00 bits per heavy atom. The maximum atomic E-state index is 12.7. The van der Waals surface area contributed by atoms with Gasteiger partial charge in [-0.1, -0.05) is 27.7 Å². The summed E-state index contributed by atoms with van der Waals surface area (Å²) in [5.41, 5.74) is 11.1. The van der Waals surface area contributed by atoms with Gasteiger partial charge in [0.15, 0.2) is 45.3 Å². The average Bonchev–Trinajstić information content (AvgIpc) is 2.97. The van der Waals surface area contributed by atoms with Crippen LogP contribution in [-0.4, -0.2) is 73.8 Å². The van der Waals surface area contributed by atoms with E-state index in [1.54, 1.807) is 27.7 Å². The Morgan fingerprint density at radius 3 is 1.28 bits per heavy atom. The molecule has 47 heavy (non-hydrogen) atoms. The average molecular weight is 756 g/mol. The minimum Gasteiger partial charge on any atom is -0.370 e. The third kappa shape index (κ3) is 10.1. The van der Waals surface area contributed by atoms with Gasteiger partial charge in [0, 0.05) is 23.6 Å². The molecule has 0 bridgehead atoms. The normalized spacial score (nSPS) is 13.6. The van der Waals surface area contributed by atoms with Crippen LogP contribution < -0.4 is 11.5 Å². The number of rotatable bonds is 12. The molecule has 2 aromatic rings. The van der Waals surface area contributed by atoms with Crippen molar-refractivity contribution in [1.82, 2.24) is 0 Å². The smallest absolute Gasteiger partial charge is 0.280 e. The number of amides is 1. The molecule has 2 unspecified atom stereocenters. The fourth-order valence-electron chi connectivity index (χ4n) is 4.25. The highest BCUT2D eigenvalue weighted by Crippen LogP contribution is 2.31. The number of benzene rings is 2. The minimum absolute atomic E-state index is 0.0210. The number of aryl methyl sites for hydroxylation is 2. The number of sulfone groups is 4. The van der Waals surface area contributed by atoms with Crippen molar-refractivity contribution in [1.29, 1.82) is 0 Å². The predicted molar refractivity (Wildman–Crippen MR) is 182 cm³/mol. The molecular formula is C29H42ClN3O10S4. The first-order chi connectivity index (χ1) is 21.3. The third-order valence-electron chi connectivity index (χ3n) is 7.39. The van der Waals surface area contributed by atoms with Gasteiger partial charge in [0.1, 0.15) is 0 Å². The number of aliphatic imine (C=N–C) groups is 1. The lowest BCUT2D eigenvalue weighted by Crippen LogP contribution is -2.25. The number of hydrogen-bond acceptors (Lipinski definition) is 10. The Kier molecular flexibility index (Phi) is 14.4. The van der Waals surface area contributed by atoms with Crippen LogP contribution in [0.2, 0.25) is 0 Å². The van der Waals surface area contributed by atoms with E-state index in [9.17, 15) is 43.3 Å². The molecule has 2 rings (SSSR count). The fourth-order valence-corrected chi connectivity index (χ4v) is 10.6. The lowest BCUT2D eigenvalue weighted by molar-refractivity contribution is 0.100. The highest BCUT2D eigenvalue weighted by Gasteiger charge is 2.32. The third-order valence-corrected chi connectivity index (χ3v) is 14.8. The van der Waals surface area contributed by atoms with E-state index in [2.05, 4.69) is 4.99 Å². The highest BCUT2D eigenvalue weighted by molar-refractivity contribution is 7.95. The molecular weight excluding hydrogens is 714 g/mol. The number of nitrogens with zero attached hydrogens (tertiary/aromatic N) is 1. The molecule has 0 heterocycles. The minimum atomic E-state index is -3.91. The van der Waals surface area contributed by atoms with Crippen molar-refractivity contribution >= 4 is 68.1 Å². The van der Waals surface area contributed by atoms with Crippen LogP contribution in [0, 0.1) is 0 Å². The topological polar surface area (TPSA) is 235 Å². The first kappa shape index (κ1) is 42.2. The summed E-state index contributed by atoms with van der Waals surface area (Å²) in [7, 11) is -15.4. The summed E-state index contributed by atoms with van der Waals surface area (Å²) in [5.74, 6) is -1.29. The Morgan fingerprint density at radius 1 is 0.660 bits per heavy atom. The molecule has 0 saturated heterocycles. The van der Waals surface area contributed by atoms with E-state index < -0.39 is 71.9 Å². The second-order valence-corrected chi connectivity index (χ2v) is 19.8. The molecule has 2 atom stereocenters. The molecule has 0 radical (unpaired) electrons. The SMILES string of the molecule is CCc1cc(S(=O)(=O)C(C)CC)c(S(C)(=O)=O)cc1C(=O)Cl.CCc1cc(S(=O)(=O)C(C)CC)c(S(C)(=O)=O)cc1C(=O)N=C(N)N. The van der Waals surface area contributed by atoms with Gasteiger partial charge in [-0.15, -0.1) is 0 Å². The quantitative estimate of drug-likeness (QED) is 0.180. The molecule has 0 saturated carbocycles. The van der Waals surface area contributed by atoms with Gasteiger partial charge in [0.05, 0.1) is 30.1 Å². The van der Waals surface area contributed by atoms with E-state index in [0.717, 1.165) is 24.6 Å². The van der Waals surface area contributed by atoms with Gasteiger partial charge in [0.25, 0.3) is 11.1 Å². The van der Waals surface area contributed by atoms with Gasteiger partial charge >= 0.3 is 0 Å². The highest BCUT2D eigenvalue weighted by atomic mass is 35.5. The molecule has 4 N–H and O–H groups in total. The fraction of sp³-hybridized carbons (Fsp3) is 0.483. The second-order valence-electron chi connectivity index (χ2n) is 10.8. The van der Waals surface area contributed by atoms with Gasteiger partial charge in [-0.05, 0) is 86.5 Å². The number of carbonyl (C=O) groups excluding carboxylic acids is 2. The number of carbonyl (C=O) groups is 2. The Bertz CT molecular complexity index is 2000. The molecule has 13 nitrogen and oxygen atoms in total. The standard InChI is InChI=1S/C15H23N3O5S2.C14H19ClO5S2/c1-5-9(3)25(22,23)13-7-10(6-2)11(14(19)18-15(16)17)8-12(13)24(4,20)21;1-5-9(3)22(19,20)13-7-10(6-2)11(14(15)16)8-12(13)21(4,17)18/h7-9H,5-6H2,1-4H3,(H4,16,17,18,19);7-9H,5-6H2,1-4H3. The molecule has 18 heteroatoms. The number of hydrogen-bond donors (Lipinski definition) is 2. The van der Waals surface area contributed by atoms with Crippen molar-refractivity contribution < 1.29 is 43.3 Å². The second kappa shape index (κ2) is 16.0. The summed E-state index contributed by atoms with van der Waals surface area (Å²) >= 11 is 5.48. The molecule has 0 spiro atoms. The van der Waals surface area contributed by atoms with Crippen molar-refractivity contribution in [3.63, 3.8) is 0 Å². The van der Waals surface area contributed by atoms with Crippen molar-refractivity contribution in [3.8, 4) is 0 Å². The summed E-state index contributed by atoms with van der Waals surface area (Å²) in [6, 6.07) is 4.60. The number of nitrogens with two attached hydrogens (primary N) is 2. The van der Waals surface area contributed by atoms with Gasteiger partial charge < -0.3 is 11.5 Å². The Balaban J connectivity index is 0.000000474. The maximum absolute atomic E-state index is 12.7. The van der Waals surface area contributed by atoms with E-state index >= 15 is 0 Å². The van der Waals surface area contributed by atoms with Crippen molar-refractivity contribution in [2.24, 2.45) is 16.5 Å². The van der Waals surface area contributed by atoms with Crippen LogP contribution in [0.3, 0.4) is 0 Å². The van der Waals surface area contributed by atoms with E-state index in [1.807, 2.05) is 0 Å². The predicted octanol–water partition coefficient (Wildman–Crippen LogP) is 3.24. The van der Waals surface area contributed by atoms with Crippen LogP contribution in [-0.2, 0) is 52.2 Å². The van der Waals surface area contributed by atoms with Crippen LogP contribution in [0.5, 0.6) is 0 Å². The summed E-state index contributed by atoms with van der Waals surface area (Å²) < 4.78 is 98.9. The zero-order valence-electron chi connectivity index (χ0n) is 27.5. The molecule has 0 aliphatic carbocycles. The molecule has 0 fully saturated rings. The first-order valence-corrected chi connectivity index (χ1v) is 21.6.